The largest absolute Gasteiger partial charge is 0.278 e. The van der Waals surface area contributed by atoms with Crippen LogP contribution in [0.4, 0.5) is 0 Å². The van der Waals surface area contributed by atoms with Crippen molar-refractivity contribution in [1.82, 2.24) is 19.7 Å². The molecule has 15 heavy (non-hydrogen) atoms. The predicted octanol–water partition coefficient (Wildman–Crippen LogP) is 2.42. The predicted molar refractivity (Wildman–Crippen MR) is 60.6 cm³/mol. The molecule has 0 fully saturated rings. The van der Waals surface area contributed by atoms with Gasteiger partial charge in [-0.25, -0.2) is 4.98 Å². The van der Waals surface area contributed by atoms with E-state index >= 15 is 0 Å². The maximum absolute atomic E-state index is 5.69. The van der Waals surface area contributed by atoms with Crippen LogP contribution in [0, 0.1) is 0 Å². The highest BCUT2D eigenvalue weighted by Crippen LogP contribution is 2.18. The van der Waals surface area contributed by atoms with Gasteiger partial charge in [-0.2, -0.15) is 0 Å². The monoisotopic (exact) mass is 242 g/mol. The van der Waals surface area contributed by atoms with Gasteiger partial charge in [0, 0.05) is 18.8 Å². The van der Waals surface area contributed by atoms with Gasteiger partial charge in [0.25, 0.3) is 0 Å². The number of hydrogen-bond donors (Lipinski definition) is 0. The summed E-state index contributed by atoms with van der Waals surface area (Å²) in [4.78, 5) is 4.29. The Morgan fingerprint density at radius 1 is 1.47 bits per heavy atom. The van der Waals surface area contributed by atoms with Crippen molar-refractivity contribution < 1.29 is 0 Å². The van der Waals surface area contributed by atoms with E-state index in [-0.39, 0.29) is 0 Å². The van der Waals surface area contributed by atoms with Gasteiger partial charge >= 0.3 is 0 Å². The summed E-state index contributed by atoms with van der Waals surface area (Å²) in [5, 5.41) is 9.73. The number of halogens is 1. The topological polar surface area (TPSA) is 43.6 Å². The quantitative estimate of drug-likeness (QED) is 0.774. The molecule has 0 spiro atoms. The highest BCUT2D eigenvalue weighted by molar-refractivity contribution is 7.13. The first-order valence-corrected chi connectivity index (χ1v) is 6.11. The van der Waals surface area contributed by atoms with E-state index in [1.54, 1.807) is 6.20 Å². The van der Waals surface area contributed by atoms with Crippen LogP contribution < -0.4 is 0 Å². The first-order chi connectivity index (χ1) is 7.35. The van der Waals surface area contributed by atoms with Gasteiger partial charge in [-0.3, -0.25) is 4.57 Å². The van der Waals surface area contributed by atoms with Crippen LogP contribution in [0.1, 0.15) is 24.2 Å². The first kappa shape index (κ1) is 10.6. The molecule has 4 nitrogen and oxygen atoms in total. The van der Waals surface area contributed by atoms with E-state index in [1.165, 1.54) is 11.3 Å². The van der Waals surface area contributed by atoms with E-state index in [1.807, 2.05) is 10.8 Å². The van der Waals surface area contributed by atoms with Crippen molar-refractivity contribution in [2.45, 2.75) is 25.6 Å². The molecule has 2 rings (SSSR count). The zero-order valence-corrected chi connectivity index (χ0v) is 9.92. The summed E-state index contributed by atoms with van der Waals surface area (Å²) < 4.78 is 1.97. The van der Waals surface area contributed by atoms with E-state index in [0.29, 0.717) is 5.88 Å². The van der Waals surface area contributed by atoms with Crippen molar-refractivity contribution >= 4 is 22.9 Å². The molecule has 0 saturated carbocycles. The Labute approximate surface area is 96.9 Å². The van der Waals surface area contributed by atoms with Crippen LogP contribution in [0.15, 0.2) is 12.4 Å². The van der Waals surface area contributed by atoms with Crippen LogP contribution in [0.3, 0.4) is 0 Å². The molecule has 2 aromatic heterocycles. The van der Waals surface area contributed by atoms with Crippen LogP contribution in [0.25, 0.3) is 5.13 Å². The molecule has 0 aliphatic heterocycles. The lowest BCUT2D eigenvalue weighted by Crippen LogP contribution is -1.99. The molecule has 6 heteroatoms. The lowest BCUT2D eigenvalue weighted by molar-refractivity contribution is 0.798. The van der Waals surface area contributed by atoms with Crippen LogP contribution in [0.2, 0.25) is 0 Å². The summed E-state index contributed by atoms with van der Waals surface area (Å²) in [5.74, 6) is 1.44. The minimum absolute atomic E-state index is 0.412. The third kappa shape index (κ3) is 2.18. The number of aromatic nitrogens is 4. The maximum Gasteiger partial charge on any atom is 0.217 e. The fourth-order valence-corrected chi connectivity index (χ4v) is 2.22. The average molecular weight is 243 g/mol. The molecule has 0 saturated heterocycles. The highest BCUT2D eigenvalue weighted by Gasteiger charge is 2.09. The third-order valence-corrected chi connectivity index (χ3v) is 3.30. The molecule has 0 aliphatic rings. The molecular formula is C9H11ClN4S. The van der Waals surface area contributed by atoms with Gasteiger partial charge in [-0.05, 0) is 6.42 Å². The van der Waals surface area contributed by atoms with Crippen molar-refractivity contribution in [3.63, 3.8) is 0 Å². The Balaban J connectivity index is 2.31. The van der Waals surface area contributed by atoms with Gasteiger partial charge < -0.3 is 0 Å². The highest BCUT2D eigenvalue weighted by atomic mass is 35.5. The summed E-state index contributed by atoms with van der Waals surface area (Å²) in [6.07, 6.45) is 5.71. The Morgan fingerprint density at radius 2 is 2.33 bits per heavy atom. The molecule has 2 heterocycles. The summed E-state index contributed by atoms with van der Waals surface area (Å²) in [6, 6.07) is 0. The van der Waals surface area contributed by atoms with Gasteiger partial charge in [-0.1, -0.05) is 18.3 Å². The number of imidazole rings is 1. The standard InChI is InChI=1S/C9H11ClN4S/c1-2-3-7-11-4-5-14(7)9-13-12-8(6-10)15-9/h4-5H,2-3,6H2,1H3. The summed E-state index contributed by atoms with van der Waals surface area (Å²) in [6.45, 7) is 2.13. The van der Waals surface area contributed by atoms with Crippen molar-refractivity contribution in [3.05, 3.63) is 23.2 Å². The average Bonchev–Trinajstić information content (AvgIpc) is 2.85. The minimum Gasteiger partial charge on any atom is -0.278 e. The Hall–Kier alpha value is -0.940. The van der Waals surface area contributed by atoms with E-state index in [4.69, 9.17) is 11.6 Å². The third-order valence-electron chi connectivity index (χ3n) is 1.97. The Kier molecular flexibility index (Phi) is 3.33. The molecule has 0 unspecified atom stereocenters. The van der Waals surface area contributed by atoms with Crippen LogP contribution in [-0.2, 0) is 12.3 Å². The second kappa shape index (κ2) is 4.72. The van der Waals surface area contributed by atoms with Crippen molar-refractivity contribution in [2.24, 2.45) is 0 Å². The van der Waals surface area contributed by atoms with Gasteiger partial charge in [0.15, 0.2) is 0 Å². The fourth-order valence-electron chi connectivity index (χ4n) is 1.31. The molecule has 0 atom stereocenters. The molecule has 0 amide bonds. The lowest BCUT2D eigenvalue weighted by Gasteiger charge is -2.00. The van der Waals surface area contributed by atoms with E-state index in [9.17, 15) is 0 Å². The van der Waals surface area contributed by atoms with Gasteiger partial charge in [0.1, 0.15) is 10.8 Å². The Bertz CT molecular complexity index is 437. The van der Waals surface area contributed by atoms with Gasteiger partial charge in [0.2, 0.25) is 5.13 Å². The van der Waals surface area contributed by atoms with Gasteiger partial charge in [0.05, 0.1) is 5.88 Å². The molecular weight excluding hydrogens is 232 g/mol. The summed E-state index contributed by atoms with van der Waals surface area (Å²) in [7, 11) is 0. The maximum atomic E-state index is 5.69. The van der Waals surface area contributed by atoms with E-state index in [2.05, 4.69) is 22.1 Å². The normalized spacial score (nSPS) is 10.8. The van der Waals surface area contributed by atoms with Crippen LogP contribution in [0.5, 0.6) is 0 Å². The van der Waals surface area contributed by atoms with E-state index < -0.39 is 0 Å². The van der Waals surface area contributed by atoms with Crippen LogP contribution >= 0.6 is 22.9 Å². The lowest BCUT2D eigenvalue weighted by atomic mass is 10.3. The molecule has 0 radical (unpaired) electrons. The van der Waals surface area contributed by atoms with Crippen LogP contribution in [-0.4, -0.2) is 19.7 Å². The molecule has 2 aromatic rings. The number of nitrogens with zero attached hydrogens (tertiary/aromatic N) is 4. The molecule has 80 valence electrons. The van der Waals surface area contributed by atoms with Crippen molar-refractivity contribution in [1.29, 1.82) is 0 Å². The number of alkyl halides is 1. The van der Waals surface area contributed by atoms with Gasteiger partial charge in [-0.15, -0.1) is 21.8 Å². The van der Waals surface area contributed by atoms with Crippen molar-refractivity contribution in [2.75, 3.05) is 0 Å². The SMILES string of the molecule is CCCc1nccn1-c1nnc(CCl)s1. The minimum atomic E-state index is 0.412. The molecule has 0 N–H and O–H groups in total. The smallest absolute Gasteiger partial charge is 0.217 e. The second-order valence-corrected chi connectivity index (χ2v) is 4.38. The zero-order valence-electron chi connectivity index (χ0n) is 8.35. The zero-order chi connectivity index (χ0) is 10.7. The summed E-state index contributed by atoms with van der Waals surface area (Å²) in [5.41, 5.74) is 0. The fraction of sp³-hybridized carbons (Fsp3) is 0.444. The molecule has 0 aromatic carbocycles. The first-order valence-electron chi connectivity index (χ1n) is 4.76. The number of aryl methyl sites for hydroxylation is 1. The van der Waals surface area contributed by atoms with E-state index in [0.717, 1.165) is 28.8 Å². The number of rotatable bonds is 4. The molecule has 0 bridgehead atoms. The molecule has 0 aliphatic carbocycles. The summed E-state index contributed by atoms with van der Waals surface area (Å²) >= 11 is 7.19. The van der Waals surface area contributed by atoms with Crippen molar-refractivity contribution in [3.8, 4) is 5.13 Å². The Morgan fingerprint density at radius 3 is 3.00 bits per heavy atom. The number of hydrogen-bond acceptors (Lipinski definition) is 4. The second-order valence-electron chi connectivity index (χ2n) is 3.08.